The zero-order chi connectivity index (χ0) is 23.7. The van der Waals surface area contributed by atoms with Crippen molar-refractivity contribution in [3.05, 3.63) is 107 Å². The van der Waals surface area contributed by atoms with Gasteiger partial charge in [0.2, 0.25) is 5.91 Å². The van der Waals surface area contributed by atoms with Gasteiger partial charge in [-0.1, -0.05) is 48.5 Å². The van der Waals surface area contributed by atoms with E-state index < -0.39 is 0 Å². The molecule has 8 heteroatoms. The summed E-state index contributed by atoms with van der Waals surface area (Å²) in [5.41, 5.74) is 2.52. The summed E-state index contributed by atoms with van der Waals surface area (Å²) in [6, 6.07) is 22.9. The van der Waals surface area contributed by atoms with Crippen molar-refractivity contribution in [3.8, 4) is 11.5 Å². The molecule has 0 bridgehead atoms. The molecule has 0 unspecified atom stereocenters. The number of aromatic nitrogens is 5. The number of nitrogens with one attached hydrogen (secondary N) is 1. The summed E-state index contributed by atoms with van der Waals surface area (Å²) < 4.78 is 4.81. The predicted molar refractivity (Wildman–Crippen MR) is 130 cm³/mol. The van der Waals surface area contributed by atoms with Crippen molar-refractivity contribution in [2.24, 2.45) is 0 Å². The Morgan fingerprint density at radius 2 is 1.59 bits per heavy atom. The minimum Gasteiger partial charge on any atom is -0.348 e. The number of amides is 1. The minimum absolute atomic E-state index is 0.186. The molecule has 1 amide bonds. The lowest BCUT2D eigenvalue weighted by Gasteiger charge is -2.15. The third-order valence-electron chi connectivity index (χ3n) is 5.74. The Bertz CT molecular complexity index is 1500. The Morgan fingerprint density at radius 3 is 2.26 bits per heavy atom. The van der Waals surface area contributed by atoms with Crippen molar-refractivity contribution in [1.82, 2.24) is 29.4 Å². The number of fused-ring (bicyclic) bond motifs is 1. The first kappa shape index (κ1) is 21.4. The van der Waals surface area contributed by atoms with Gasteiger partial charge in [0.05, 0.1) is 17.4 Å². The standard InChI is InChI=1S/C26H24N6O2/c1-18(20-11-5-3-6-12-20)27-22(33)17-31-26(34)23-24(19(2)28-31)29-32(21-13-7-4-8-14-21)25(23)30-15-9-10-16-30/h3-16,18H,17H2,1-2H3,(H,27,33)/t18-/m1/s1. The molecule has 8 nitrogen and oxygen atoms in total. The van der Waals surface area contributed by atoms with E-state index in [9.17, 15) is 9.59 Å². The molecule has 2 aromatic carbocycles. The molecule has 0 fully saturated rings. The van der Waals surface area contributed by atoms with Gasteiger partial charge < -0.3 is 9.88 Å². The molecule has 1 atom stereocenters. The Labute approximate surface area is 196 Å². The summed E-state index contributed by atoms with van der Waals surface area (Å²) >= 11 is 0. The van der Waals surface area contributed by atoms with Crippen LogP contribution in [0.25, 0.3) is 22.4 Å². The predicted octanol–water partition coefficient (Wildman–Crippen LogP) is 3.56. The quantitative estimate of drug-likeness (QED) is 0.427. The minimum atomic E-state index is -0.367. The van der Waals surface area contributed by atoms with Gasteiger partial charge in [-0.25, -0.2) is 9.36 Å². The summed E-state index contributed by atoms with van der Waals surface area (Å²) in [6.07, 6.45) is 3.73. The normalized spacial score (nSPS) is 12.1. The summed E-state index contributed by atoms with van der Waals surface area (Å²) in [5.74, 6) is 0.316. The lowest BCUT2D eigenvalue weighted by molar-refractivity contribution is -0.122. The summed E-state index contributed by atoms with van der Waals surface area (Å²) in [5, 5.41) is 12.5. The highest BCUT2D eigenvalue weighted by Crippen LogP contribution is 2.24. The second-order valence-corrected chi connectivity index (χ2v) is 8.13. The molecule has 34 heavy (non-hydrogen) atoms. The average molecular weight is 453 g/mol. The van der Waals surface area contributed by atoms with Crippen LogP contribution in [0.15, 0.2) is 90.0 Å². The zero-order valence-corrected chi connectivity index (χ0v) is 18.9. The van der Waals surface area contributed by atoms with Gasteiger partial charge in [0, 0.05) is 12.4 Å². The maximum Gasteiger partial charge on any atom is 0.280 e. The van der Waals surface area contributed by atoms with E-state index in [1.165, 1.54) is 4.68 Å². The van der Waals surface area contributed by atoms with Crippen LogP contribution < -0.4 is 10.9 Å². The SMILES string of the molecule is Cc1nn(CC(=O)N[C@H](C)c2ccccc2)c(=O)c2c(-n3cccc3)n(-c3ccccc3)nc12. The Hall–Kier alpha value is -4.46. The lowest BCUT2D eigenvalue weighted by atomic mass is 10.1. The van der Waals surface area contributed by atoms with E-state index in [0.29, 0.717) is 22.4 Å². The van der Waals surface area contributed by atoms with Crippen LogP contribution in [0.4, 0.5) is 0 Å². The number of rotatable bonds is 6. The molecule has 5 rings (SSSR count). The van der Waals surface area contributed by atoms with E-state index in [1.54, 1.807) is 11.6 Å². The molecule has 0 radical (unpaired) electrons. The highest BCUT2D eigenvalue weighted by molar-refractivity contribution is 5.88. The molecule has 3 heterocycles. The van der Waals surface area contributed by atoms with E-state index in [2.05, 4.69) is 10.4 Å². The fraction of sp³-hybridized carbons (Fsp3) is 0.154. The molecule has 0 saturated heterocycles. The summed E-state index contributed by atoms with van der Waals surface area (Å²) in [4.78, 5) is 26.4. The molecule has 170 valence electrons. The van der Waals surface area contributed by atoms with Gasteiger partial charge in [0.25, 0.3) is 5.56 Å². The molecule has 3 aromatic heterocycles. The van der Waals surface area contributed by atoms with E-state index in [4.69, 9.17) is 5.10 Å². The number of carbonyl (C=O) groups excluding carboxylic acids is 1. The smallest absolute Gasteiger partial charge is 0.280 e. The van der Waals surface area contributed by atoms with Gasteiger partial charge in [-0.15, -0.1) is 0 Å². The van der Waals surface area contributed by atoms with Gasteiger partial charge in [0.15, 0.2) is 5.82 Å². The first-order chi connectivity index (χ1) is 16.5. The molecule has 0 aliphatic carbocycles. The monoisotopic (exact) mass is 452 g/mol. The number of para-hydroxylation sites is 1. The number of hydrogen-bond acceptors (Lipinski definition) is 4. The van der Waals surface area contributed by atoms with Crippen LogP contribution in [-0.4, -0.2) is 30.0 Å². The van der Waals surface area contributed by atoms with Crippen LogP contribution in [0.3, 0.4) is 0 Å². The van der Waals surface area contributed by atoms with E-state index in [0.717, 1.165) is 11.3 Å². The van der Waals surface area contributed by atoms with Crippen LogP contribution in [0.1, 0.15) is 24.2 Å². The Morgan fingerprint density at radius 1 is 0.941 bits per heavy atom. The highest BCUT2D eigenvalue weighted by atomic mass is 16.2. The van der Waals surface area contributed by atoms with Crippen molar-refractivity contribution in [3.63, 3.8) is 0 Å². The second kappa shape index (κ2) is 8.82. The number of nitrogens with zero attached hydrogens (tertiary/aromatic N) is 5. The highest BCUT2D eigenvalue weighted by Gasteiger charge is 2.22. The topological polar surface area (TPSA) is 86.7 Å². The van der Waals surface area contributed by atoms with E-state index in [-0.39, 0.29) is 24.1 Å². The van der Waals surface area contributed by atoms with Gasteiger partial charge in [-0.05, 0) is 43.7 Å². The van der Waals surface area contributed by atoms with Gasteiger partial charge in [0.1, 0.15) is 17.4 Å². The third kappa shape index (κ3) is 3.90. The summed E-state index contributed by atoms with van der Waals surface area (Å²) in [6.45, 7) is 3.52. The maximum absolute atomic E-state index is 13.6. The lowest BCUT2D eigenvalue weighted by Crippen LogP contribution is -2.35. The van der Waals surface area contributed by atoms with Crippen LogP contribution in [0.2, 0.25) is 0 Å². The fourth-order valence-corrected chi connectivity index (χ4v) is 4.08. The molecule has 0 spiro atoms. The molecule has 0 aliphatic rings. The third-order valence-corrected chi connectivity index (χ3v) is 5.74. The van der Waals surface area contributed by atoms with Crippen LogP contribution in [-0.2, 0) is 11.3 Å². The van der Waals surface area contributed by atoms with Crippen LogP contribution >= 0.6 is 0 Å². The fourth-order valence-electron chi connectivity index (χ4n) is 4.08. The molecule has 0 saturated carbocycles. The molecule has 1 N–H and O–H groups in total. The number of hydrogen-bond donors (Lipinski definition) is 1. The first-order valence-electron chi connectivity index (χ1n) is 11.1. The largest absolute Gasteiger partial charge is 0.348 e. The van der Waals surface area contributed by atoms with Crippen LogP contribution in [0.5, 0.6) is 0 Å². The Balaban J connectivity index is 1.57. The number of aryl methyl sites for hydroxylation is 1. The zero-order valence-electron chi connectivity index (χ0n) is 18.9. The summed E-state index contributed by atoms with van der Waals surface area (Å²) in [7, 11) is 0. The first-order valence-corrected chi connectivity index (χ1v) is 11.1. The molecule has 0 aliphatic heterocycles. The van der Waals surface area contributed by atoms with Gasteiger partial charge >= 0.3 is 0 Å². The molecular formula is C26H24N6O2. The van der Waals surface area contributed by atoms with E-state index in [1.807, 2.05) is 96.7 Å². The van der Waals surface area contributed by atoms with Crippen molar-refractivity contribution in [2.75, 3.05) is 0 Å². The maximum atomic E-state index is 13.6. The van der Waals surface area contributed by atoms with Crippen molar-refractivity contribution < 1.29 is 4.79 Å². The number of carbonyl (C=O) groups is 1. The molecular weight excluding hydrogens is 428 g/mol. The van der Waals surface area contributed by atoms with Crippen molar-refractivity contribution in [1.29, 1.82) is 0 Å². The van der Waals surface area contributed by atoms with Crippen molar-refractivity contribution in [2.45, 2.75) is 26.4 Å². The number of benzene rings is 2. The average Bonchev–Trinajstić information content (AvgIpc) is 3.52. The van der Waals surface area contributed by atoms with Crippen LogP contribution in [0, 0.1) is 6.92 Å². The van der Waals surface area contributed by atoms with E-state index >= 15 is 0 Å². The molecule has 5 aromatic rings. The second-order valence-electron chi connectivity index (χ2n) is 8.13. The Kier molecular flexibility index (Phi) is 5.55. The van der Waals surface area contributed by atoms with Gasteiger partial charge in [-0.3, -0.25) is 9.59 Å². The van der Waals surface area contributed by atoms with Gasteiger partial charge in [-0.2, -0.15) is 10.2 Å². The van der Waals surface area contributed by atoms with Crippen molar-refractivity contribution >= 4 is 16.8 Å².